The molecule has 3 saturated heterocycles. The molecule has 1 amide bonds. The van der Waals surface area contributed by atoms with Gasteiger partial charge >= 0.3 is 0 Å². The molecule has 7 rings (SSSR count). The molecule has 11 nitrogen and oxygen atoms in total. The smallest absolute Gasteiger partial charge is 0.240 e. The van der Waals surface area contributed by atoms with Crippen molar-refractivity contribution in [3.63, 3.8) is 0 Å². The minimum absolute atomic E-state index is 0.122. The molecule has 12 heteroatoms. The van der Waals surface area contributed by atoms with Gasteiger partial charge in [-0.2, -0.15) is 5.26 Å². The molecule has 3 aliphatic heterocycles. The lowest BCUT2D eigenvalue weighted by Gasteiger charge is -2.47. The fourth-order valence-corrected chi connectivity index (χ4v) is 7.61. The maximum atomic E-state index is 15.7. The highest BCUT2D eigenvalue weighted by atomic mass is 19.1. The number of para-hydroxylation sites is 1. The van der Waals surface area contributed by atoms with Gasteiger partial charge < -0.3 is 20.1 Å². The molecule has 50 heavy (non-hydrogen) atoms. The maximum absolute atomic E-state index is 15.7. The number of halogens is 1. The molecule has 2 aromatic heterocycles. The number of fused-ring (bicyclic) bond motifs is 1. The number of nitrogens with two attached hydrogens (primary N) is 1. The summed E-state index contributed by atoms with van der Waals surface area (Å²) in [6.45, 7) is 10.7. The number of benzene rings is 2. The molecule has 3 fully saturated rings. The monoisotopic (exact) mass is 680 g/mol. The lowest BCUT2D eigenvalue weighted by atomic mass is 9.89. The Hall–Kier alpha value is -4.57. The van der Waals surface area contributed by atoms with Crippen LogP contribution >= 0.6 is 0 Å². The zero-order chi connectivity index (χ0) is 34.8. The third-order valence-electron chi connectivity index (χ3n) is 10.7. The number of likely N-dealkylation sites (tertiary alicyclic amines) is 1. The zero-order valence-electron chi connectivity index (χ0n) is 28.8. The molecule has 0 saturated carbocycles. The average Bonchev–Trinajstić information content (AvgIpc) is 3.70. The van der Waals surface area contributed by atoms with Gasteiger partial charge in [-0.25, -0.2) is 14.4 Å². The third-order valence-corrected chi connectivity index (χ3v) is 10.7. The van der Waals surface area contributed by atoms with E-state index < -0.39 is 11.7 Å². The summed E-state index contributed by atoms with van der Waals surface area (Å²) >= 11 is 0. The van der Waals surface area contributed by atoms with E-state index in [2.05, 4.69) is 34.7 Å². The molecule has 0 radical (unpaired) electrons. The number of rotatable bonds is 11. The van der Waals surface area contributed by atoms with Crippen molar-refractivity contribution in [1.29, 1.82) is 5.26 Å². The Kier molecular flexibility index (Phi) is 9.73. The summed E-state index contributed by atoms with van der Waals surface area (Å²) in [5.74, 6) is 0.514. The van der Waals surface area contributed by atoms with Crippen molar-refractivity contribution in [2.45, 2.75) is 63.6 Å². The minimum Gasteiger partial charge on any atom is -0.457 e. The van der Waals surface area contributed by atoms with E-state index in [9.17, 15) is 10.1 Å². The molecule has 0 aliphatic carbocycles. The van der Waals surface area contributed by atoms with E-state index in [1.54, 1.807) is 36.7 Å². The molecule has 0 bridgehead atoms. The average molecular weight is 681 g/mol. The van der Waals surface area contributed by atoms with Crippen molar-refractivity contribution in [1.82, 2.24) is 29.1 Å². The Labute approximate surface area is 292 Å². The molecule has 2 aromatic carbocycles. The van der Waals surface area contributed by atoms with Gasteiger partial charge in [0.05, 0.1) is 25.3 Å². The molecule has 3 aliphatic rings. The van der Waals surface area contributed by atoms with Crippen LogP contribution in [0.2, 0.25) is 0 Å². The second-order valence-electron chi connectivity index (χ2n) is 14.2. The van der Waals surface area contributed by atoms with Crippen molar-refractivity contribution in [3.8, 4) is 28.8 Å². The minimum atomic E-state index is -0.721. The Morgan fingerprint density at radius 1 is 1.12 bits per heavy atom. The predicted molar refractivity (Wildman–Crippen MR) is 188 cm³/mol. The standard InChI is InChI=1S/C38H45FN8O3/c1-38(2,45-19-17-44(18-20-45)28-24-49-25-28)13-12-26(23-40)37(48)46-15-6-7-27(46)21-33-43-34(35-36(41)42-14-16-47(33)35)31-11-10-30(22-32(31)39)50-29-8-4-3-5-9-29/h3-5,8-11,14,16,22,26-28H,6-7,12-13,15,17-21,24-25H2,1-2H3,(H2,41,42)/t26?,27-/m0/s1. The largest absolute Gasteiger partial charge is 0.457 e. The van der Waals surface area contributed by atoms with E-state index in [0.29, 0.717) is 54.0 Å². The molecule has 2 atom stereocenters. The first-order valence-corrected chi connectivity index (χ1v) is 17.6. The van der Waals surface area contributed by atoms with Crippen LogP contribution < -0.4 is 10.5 Å². The summed E-state index contributed by atoms with van der Waals surface area (Å²) in [4.78, 5) is 30.0. The van der Waals surface area contributed by atoms with Crippen LogP contribution in [0, 0.1) is 23.1 Å². The number of carbonyl (C=O) groups excluding carboxylic acids is 1. The van der Waals surface area contributed by atoms with E-state index >= 15 is 4.39 Å². The van der Waals surface area contributed by atoms with Gasteiger partial charge in [0, 0.05) is 74.7 Å². The Balaban J connectivity index is 1.04. The third kappa shape index (κ3) is 6.90. The van der Waals surface area contributed by atoms with Crippen molar-refractivity contribution in [2.24, 2.45) is 5.92 Å². The van der Waals surface area contributed by atoms with Gasteiger partial charge in [-0.1, -0.05) is 18.2 Å². The fourth-order valence-electron chi connectivity index (χ4n) is 7.61. The van der Waals surface area contributed by atoms with E-state index in [0.717, 1.165) is 58.7 Å². The van der Waals surface area contributed by atoms with Gasteiger partial charge in [0.1, 0.15) is 46.1 Å². The Bertz CT molecular complexity index is 1860. The second-order valence-corrected chi connectivity index (χ2v) is 14.2. The number of ether oxygens (including phenoxy) is 2. The quantitative estimate of drug-likeness (QED) is 0.229. The number of hydrogen-bond donors (Lipinski definition) is 1. The van der Waals surface area contributed by atoms with Crippen LogP contribution in [0.4, 0.5) is 10.2 Å². The molecule has 262 valence electrons. The number of aromatic nitrogens is 3. The van der Waals surface area contributed by atoms with Gasteiger partial charge in [-0.3, -0.25) is 19.0 Å². The number of amides is 1. The number of nitrogen functional groups attached to an aromatic ring is 1. The summed E-state index contributed by atoms with van der Waals surface area (Å²) in [5.41, 5.74) is 7.39. The van der Waals surface area contributed by atoms with Crippen molar-refractivity contribution in [3.05, 3.63) is 72.6 Å². The van der Waals surface area contributed by atoms with E-state index in [1.165, 1.54) is 6.07 Å². The molecular formula is C38H45FN8O3. The van der Waals surface area contributed by atoms with Gasteiger partial charge in [-0.15, -0.1) is 0 Å². The zero-order valence-corrected chi connectivity index (χ0v) is 28.8. The lowest BCUT2D eigenvalue weighted by Crippen LogP contribution is -2.60. The number of imidazole rings is 1. The molecule has 5 heterocycles. The number of anilines is 1. The van der Waals surface area contributed by atoms with E-state index in [-0.39, 0.29) is 28.9 Å². The highest BCUT2D eigenvalue weighted by Crippen LogP contribution is 2.35. The number of piperazine rings is 1. The Morgan fingerprint density at radius 3 is 2.60 bits per heavy atom. The maximum Gasteiger partial charge on any atom is 0.240 e. The summed E-state index contributed by atoms with van der Waals surface area (Å²) in [6, 6.07) is 16.6. The number of nitriles is 1. The summed E-state index contributed by atoms with van der Waals surface area (Å²) in [7, 11) is 0. The summed E-state index contributed by atoms with van der Waals surface area (Å²) < 4.78 is 28.7. The summed E-state index contributed by atoms with van der Waals surface area (Å²) in [6.07, 6.45) is 6.69. The van der Waals surface area contributed by atoms with Gasteiger partial charge in [0.2, 0.25) is 5.91 Å². The van der Waals surface area contributed by atoms with Crippen molar-refractivity contribution < 1.29 is 18.7 Å². The first-order chi connectivity index (χ1) is 24.2. The topological polar surface area (TPSA) is 125 Å². The van der Waals surface area contributed by atoms with Crippen molar-refractivity contribution in [2.75, 3.05) is 51.7 Å². The number of hydrogen-bond acceptors (Lipinski definition) is 9. The molecule has 1 unspecified atom stereocenters. The van der Waals surface area contributed by atoms with Crippen LogP contribution in [-0.4, -0.2) is 98.5 Å². The van der Waals surface area contributed by atoms with Crippen LogP contribution in [0.25, 0.3) is 16.8 Å². The normalized spacial score (nSPS) is 19.7. The van der Waals surface area contributed by atoms with Gasteiger partial charge in [0.25, 0.3) is 0 Å². The van der Waals surface area contributed by atoms with E-state index in [4.69, 9.17) is 20.2 Å². The fraction of sp³-hybridized carbons (Fsp3) is 0.474. The van der Waals surface area contributed by atoms with Crippen molar-refractivity contribution >= 4 is 17.2 Å². The number of carbonyl (C=O) groups is 1. The van der Waals surface area contributed by atoms with Crippen LogP contribution in [0.5, 0.6) is 11.5 Å². The molecule has 0 spiro atoms. The first kappa shape index (κ1) is 33.9. The van der Waals surface area contributed by atoms with Crippen LogP contribution in [0.1, 0.15) is 45.4 Å². The molecular weight excluding hydrogens is 635 g/mol. The lowest BCUT2D eigenvalue weighted by molar-refractivity contribution is -0.135. The molecule has 2 N–H and O–H groups in total. The molecule has 4 aromatic rings. The summed E-state index contributed by atoms with van der Waals surface area (Å²) in [5, 5.41) is 10.2. The van der Waals surface area contributed by atoms with Gasteiger partial charge in [0.15, 0.2) is 0 Å². The van der Waals surface area contributed by atoms with E-state index in [1.807, 2.05) is 27.5 Å². The SMILES string of the molecule is CC(C)(CCC(C#N)C(=O)N1CCC[C@H]1Cc1nc(-c2ccc(Oc3ccccc3)cc2F)c2c(N)nccn12)N1CCN(C2COC2)CC1. The highest BCUT2D eigenvalue weighted by Gasteiger charge is 2.38. The van der Waals surface area contributed by atoms with Crippen LogP contribution in [0.3, 0.4) is 0 Å². The van der Waals surface area contributed by atoms with Crippen LogP contribution in [-0.2, 0) is 16.0 Å². The van der Waals surface area contributed by atoms with Crippen LogP contribution in [0.15, 0.2) is 60.9 Å². The predicted octanol–water partition coefficient (Wildman–Crippen LogP) is 5.16. The number of nitrogens with zero attached hydrogens (tertiary/aromatic N) is 7. The second kappa shape index (κ2) is 14.3. The highest BCUT2D eigenvalue weighted by molar-refractivity contribution is 5.86. The first-order valence-electron chi connectivity index (χ1n) is 17.6. The van der Waals surface area contributed by atoms with Gasteiger partial charge in [-0.05, 0) is 63.8 Å². The Morgan fingerprint density at radius 2 is 1.90 bits per heavy atom.